The third-order valence-corrected chi connectivity index (χ3v) is 3.76. The Balaban J connectivity index is 1.73. The number of ether oxygens (including phenoxy) is 1. The number of thiocarbonyl (C=S) groups is 1. The van der Waals surface area contributed by atoms with E-state index in [2.05, 4.69) is 10.6 Å². The fraction of sp³-hybridized carbons (Fsp3) is 0. The molecule has 3 aromatic rings. The van der Waals surface area contributed by atoms with Crippen molar-refractivity contribution in [2.24, 2.45) is 0 Å². The largest absolute Gasteiger partial charge is 0.455 e. The van der Waals surface area contributed by atoms with E-state index in [9.17, 15) is 0 Å². The number of nitrogens with one attached hydrogen (secondary N) is 2. The van der Waals surface area contributed by atoms with Gasteiger partial charge in [0.2, 0.25) is 0 Å². The molecule has 2 N–H and O–H groups in total. The lowest BCUT2D eigenvalue weighted by atomic mass is 10.3. The highest BCUT2D eigenvalue weighted by atomic mass is 35.5. The van der Waals surface area contributed by atoms with Crippen LogP contribution in [0.2, 0.25) is 5.02 Å². The second-order valence-corrected chi connectivity index (χ2v) is 5.79. The van der Waals surface area contributed by atoms with Crippen LogP contribution in [0.1, 0.15) is 0 Å². The normalized spacial score (nSPS) is 10.0. The summed E-state index contributed by atoms with van der Waals surface area (Å²) in [7, 11) is 0. The van der Waals surface area contributed by atoms with Crippen molar-refractivity contribution in [3.8, 4) is 11.5 Å². The van der Waals surface area contributed by atoms with Crippen LogP contribution >= 0.6 is 23.8 Å². The Bertz CT molecular complexity index is 840. The molecule has 0 saturated carbocycles. The smallest absolute Gasteiger partial charge is 0.175 e. The molecule has 0 bridgehead atoms. The van der Waals surface area contributed by atoms with Crippen molar-refractivity contribution in [1.82, 2.24) is 0 Å². The second kappa shape index (κ2) is 7.81. The Hall–Kier alpha value is -2.56. The molecule has 3 aromatic carbocycles. The maximum Gasteiger partial charge on any atom is 0.175 e. The molecule has 0 aliphatic heterocycles. The molecule has 0 atom stereocenters. The predicted molar refractivity (Wildman–Crippen MR) is 104 cm³/mol. The van der Waals surface area contributed by atoms with Crippen LogP contribution < -0.4 is 15.4 Å². The zero-order valence-electron chi connectivity index (χ0n) is 12.7. The van der Waals surface area contributed by atoms with Gasteiger partial charge in [0.05, 0.1) is 16.4 Å². The molecule has 0 unspecified atom stereocenters. The summed E-state index contributed by atoms with van der Waals surface area (Å²) in [5.41, 5.74) is 1.52. The standard InChI is InChI=1S/C19H15ClN2OS/c20-15-10-4-5-11-16(15)21-19(24)22-17-12-6-7-13-18(17)23-14-8-2-1-3-9-14/h1-13H,(H2,21,22,24). The maximum absolute atomic E-state index is 6.14. The maximum atomic E-state index is 6.14. The fourth-order valence-corrected chi connectivity index (χ4v) is 2.52. The number of anilines is 2. The molecule has 5 heteroatoms. The molecule has 0 aromatic heterocycles. The molecule has 0 amide bonds. The van der Waals surface area contributed by atoms with Crippen LogP contribution in [0, 0.1) is 0 Å². The first kappa shape index (κ1) is 16.3. The van der Waals surface area contributed by atoms with Crippen molar-refractivity contribution in [3.63, 3.8) is 0 Å². The molecule has 3 rings (SSSR count). The highest BCUT2D eigenvalue weighted by Crippen LogP contribution is 2.29. The van der Waals surface area contributed by atoms with Crippen LogP contribution in [-0.2, 0) is 0 Å². The lowest BCUT2D eigenvalue weighted by Gasteiger charge is -2.15. The van der Waals surface area contributed by atoms with Crippen LogP contribution in [0.3, 0.4) is 0 Å². The van der Waals surface area contributed by atoms with Crippen molar-refractivity contribution in [1.29, 1.82) is 0 Å². The van der Waals surface area contributed by atoms with Crippen LogP contribution in [0.25, 0.3) is 0 Å². The van der Waals surface area contributed by atoms with E-state index in [1.54, 1.807) is 6.07 Å². The zero-order chi connectivity index (χ0) is 16.8. The van der Waals surface area contributed by atoms with E-state index in [1.165, 1.54) is 0 Å². The van der Waals surface area contributed by atoms with Gasteiger partial charge in [0.15, 0.2) is 10.9 Å². The van der Waals surface area contributed by atoms with Gasteiger partial charge in [-0.15, -0.1) is 0 Å². The second-order valence-electron chi connectivity index (χ2n) is 4.97. The van der Waals surface area contributed by atoms with E-state index in [4.69, 9.17) is 28.6 Å². The zero-order valence-corrected chi connectivity index (χ0v) is 14.3. The van der Waals surface area contributed by atoms with Gasteiger partial charge in [0.1, 0.15) is 5.75 Å². The first-order valence-corrected chi connectivity index (χ1v) is 8.15. The van der Waals surface area contributed by atoms with E-state index < -0.39 is 0 Å². The van der Waals surface area contributed by atoms with Gasteiger partial charge in [0.25, 0.3) is 0 Å². The minimum Gasteiger partial charge on any atom is -0.455 e. The van der Waals surface area contributed by atoms with Crippen molar-refractivity contribution in [2.75, 3.05) is 10.6 Å². The highest BCUT2D eigenvalue weighted by Gasteiger charge is 2.07. The van der Waals surface area contributed by atoms with Crippen LogP contribution in [0.5, 0.6) is 11.5 Å². The summed E-state index contributed by atoms with van der Waals surface area (Å²) in [6, 6.07) is 24.6. The summed E-state index contributed by atoms with van der Waals surface area (Å²) < 4.78 is 5.91. The summed E-state index contributed by atoms with van der Waals surface area (Å²) in [4.78, 5) is 0. The van der Waals surface area contributed by atoms with E-state index >= 15 is 0 Å². The van der Waals surface area contributed by atoms with Crippen molar-refractivity contribution >= 4 is 40.3 Å². The van der Waals surface area contributed by atoms with Crippen molar-refractivity contribution in [2.45, 2.75) is 0 Å². The molecule has 0 aliphatic rings. The molecular formula is C19H15ClN2OS. The van der Waals surface area contributed by atoms with Gasteiger partial charge in [-0.2, -0.15) is 0 Å². The summed E-state index contributed by atoms with van der Waals surface area (Å²) in [5, 5.41) is 7.27. The van der Waals surface area contributed by atoms with Gasteiger partial charge in [0, 0.05) is 0 Å². The Kier molecular flexibility index (Phi) is 5.31. The van der Waals surface area contributed by atoms with E-state index in [0.717, 1.165) is 17.1 Å². The van der Waals surface area contributed by atoms with Gasteiger partial charge >= 0.3 is 0 Å². The molecule has 24 heavy (non-hydrogen) atoms. The Morgan fingerprint density at radius 3 is 2.08 bits per heavy atom. The van der Waals surface area contributed by atoms with Crippen LogP contribution in [0.4, 0.5) is 11.4 Å². The third kappa shape index (κ3) is 4.25. The van der Waals surface area contributed by atoms with E-state index in [1.807, 2.05) is 72.8 Å². The quantitative estimate of drug-likeness (QED) is 0.568. The van der Waals surface area contributed by atoms with E-state index in [0.29, 0.717) is 15.9 Å². The number of hydrogen-bond acceptors (Lipinski definition) is 2. The van der Waals surface area contributed by atoms with Gasteiger partial charge in [-0.1, -0.05) is 54.1 Å². The lowest BCUT2D eigenvalue weighted by molar-refractivity contribution is 0.485. The Morgan fingerprint density at radius 2 is 1.33 bits per heavy atom. The molecule has 0 radical (unpaired) electrons. The van der Waals surface area contributed by atoms with Crippen LogP contribution in [-0.4, -0.2) is 5.11 Å². The number of benzene rings is 3. The van der Waals surface area contributed by atoms with Crippen molar-refractivity contribution < 1.29 is 4.74 Å². The SMILES string of the molecule is S=C(Nc1ccccc1Cl)Nc1ccccc1Oc1ccccc1. The lowest BCUT2D eigenvalue weighted by Crippen LogP contribution is -2.19. The van der Waals surface area contributed by atoms with Gasteiger partial charge in [-0.25, -0.2) is 0 Å². The summed E-state index contributed by atoms with van der Waals surface area (Å²) in [6.07, 6.45) is 0. The molecule has 0 saturated heterocycles. The van der Waals surface area contributed by atoms with Gasteiger partial charge in [-0.05, 0) is 48.6 Å². The van der Waals surface area contributed by atoms with E-state index in [-0.39, 0.29) is 0 Å². The molecule has 0 spiro atoms. The van der Waals surface area contributed by atoms with Crippen LogP contribution in [0.15, 0.2) is 78.9 Å². The molecule has 120 valence electrons. The highest BCUT2D eigenvalue weighted by molar-refractivity contribution is 7.80. The molecule has 0 heterocycles. The molecule has 3 nitrogen and oxygen atoms in total. The Labute approximate surface area is 151 Å². The Morgan fingerprint density at radius 1 is 0.750 bits per heavy atom. The first-order chi connectivity index (χ1) is 11.7. The number of halogens is 1. The minimum atomic E-state index is 0.437. The number of rotatable bonds is 4. The predicted octanol–water partition coefficient (Wildman–Crippen LogP) is 5.94. The molecular weight excluding hydrogens is 340 g/mol. The minimum absolute atomic E-state index is 0.437. The third-order valence-electron chi connectivity index (χ3n) is 3.23. The topological polar surface area (TPSA) is 33.3 Å². The summed E-state index contributed by atoms with van der Waals surface area (Å²) >= 11 is 11.5. The number of para-hydroxylation sites is 4. The van der Waals surface area contributed by atoms with Crippen molar-refractivity contribution in [3.05, 3.63) is 83.9 Å². The fourth-order valence-electron chi connectivity index (χ4n) is 2.11. The summed E-state index contributed by atoms with van der Waals surface area (Å²) in [6.45, 7) is 0. The average Bonchev–Trinajstić information content (AvgIpc) is 2.60. The molecule has 0 aliphatic carbocycles. The molecule has 0 fully saturated rings. The monoisotopic (exact) mass is 354 g/mol. The summed E-state index contributed by atoms with van der Waals surface area (Å²) in [5.74, 6) is 1.45. The number of hydrogen-bond donors (Lipinski definition) is 2. The average molecular weight is 355 g/mol. The van der Waals surface area contributed by atoms with Gasteiger partial charge in [-0.3, -0.25) is 0 Å². The van der Waals surface area contributed by atoms with Gasteiger partial charge < -0.3 is 15.4 Å². The first-order valence-electron chi connectivity index (χ1n) is 7.37.